The molecule has 1 aliphatic carbocycles. The predicted octanol–water partition coefficient (Wildman–Crippen LogP) is 5.48. The fourth-order valence-electron chi connectivity index (χ4n) is 3.74. The highest BCUT2D eigenvalue weighted by molar-refractivity contribution is 6.03. The number of anilines is 1. The summed E-state index contributed by atoms with van der Waals surface area (Å²) in [6.45, 7) is 3.57. The molecule has 1 fully saturated rings. The van der Waals surface area contributed by atoms with E-state index >= 15 is 0 Å². The molecular weight excluding hydrogens is 464 g/mol. The highest BCUT2D eigenvalue weighted by Gasteiger charge is 2.22. The molecule has 0 unspecified atom stereocenters. The van der Waals surface area contributed by atoms with E-state index < -0.39 is 12.2 Å². The summed E-state index contributed by atoms with van der Waals surface area (Å²) >= 11 is 0. The first-order valence-corrected chi connectivity index (χ1v) is 12.1. The highest BCUT2D eigenvalue weighted by atomic mass is 16.6. The maximum atomic E-state index is 13.0. The van der Waals surface area contributed by atoms with Crippen molar-refractivity contribution in [3.63, 3.8) is 0 Å². The molecule has 0 heterocycles. The molecule has 0 saturated heterocycles. The number of ether oxygens (including phenoxy) is 3. The number of carbonyl (C=O) groups is 3. The summed E-state index contributed by atoms with van der Waals surface area (Å²) in [6, 6.07) is 14.2. The molecule has 0 radical (unpaired) electrons. The van der Waals surface area contributed by atoms with Crippen LogP contribution in [-0.2, 0) is 14.3 Å². The van der Waals surface area contributed by atoms with Gasteiger partial charge in [-0.3, -0.25) is 15.4 Å². The maximum Gasteiger partial charge on any atom is 0.413 e. The minimum absolute atomic E-state index is 0.0935. The van der Waals surface area contributed by atoms with Crippen molar-refractivity contribution in [1.82, 2.24) is 10.6 Å². The summed E-state index contributed by atoms with van der Waals surface area (Å²) in [5.74, 6) is 0.700. The average Bonchev–Trinajstić information content (AvgIpc) is 2.87. The van der Waals surface area contributed by atoms with Crippen molar-refractivity contribution < 1.29 is 28.6 Å². The lowest BCUT2D eigenvalue weighted by atomic mass is 9.88. The number of hydrogen-bond acceptors (Lipinski definition) is 7. The number of para-hydroxylation sites is 1. The topological polar surface area (TPSA) is 127 Å². The number of hydrogen-bond donors (Lipinski definition) is 3. The van der Waals surface area contributed by atoms with Gasteiger partial charge in [0.2, 0.25) is 11.9 Å². The molecule has 0 atom stereocenters. The van der Waals surface area contributed by atoms with Gasteiger partial charge in [-0.1, -0.05) is 37.5 Å². The Morgan fingerprint density at radius 2 is 1.50 bits per heavy atom. The lowest BCUT2D eigenvalue weighted by Gasteiger charge is -2.21. The van der Waals surface area contributed by atoms with E-state index in [1.54, 1.807) is 32.0 Å². The maximum absolute atomic E-state index is 13.0. The molecule has 1 aliphatic rings. The molecule has 2 aromatic carbocycles. The van der Waals surface area contributed by atoms with Crippen LogP contribution in [0, 0.1) is 5.92 Å². The minimum atomic E-state index is -0.801. The van der Waals surface area contributed by atoms with Crippen LogP contribution in [0.2, 0.25) is 0 Å². The van der Waals surface area contributed by atoms with Crippen molar-refractivity contribution >= 4 is 35.4 Å². The number of benzene rings is 2. The predicted molar refractivity (Wildman–Crippen MR) is 136 cm³/mol. The van der Waals surface area contributed by atoms with Crippen molar-refractivity contribution in [2.75, 3.05) is 18.5 Å². The van der Waals surface area contributed by atoms with Gasteiger partial charge in [-0.15, -0.1) is 0 Å². The second-order valence-electron chi connectivity index (χ2n) is 8.07. The molecule has 3 N–H and O–H groups in total. The zero-order chi connectivity index (χ0) is 25.8. The molecule has 1 saturated carbocycles. The molecule has 0 aliphatic heterocycles. The number of carbonyl (C=O) groups excluding carboxylic acids is 3. The Labute approximate surface area is 210 Å². The fourth-order valence-corrected chi connectivity index (χ4v) is 3.74. The van der Waals surface area contributed by atoms with Crippen LogP contribution in [0.5, 0.6) is 11.5 Å². The van der Waals surface area contributed by atoms with E-state index in [2.05, 4.69) is 20.9 Å². The second-order valence-corrected chi connectivity index (χ2v) is 8.07. The summed E-state index contributed by atoms with van der Waals surface area (Å²) in [4.78, 5) is 41.4. The van der Waals surface area contributed by atoms with Crippen LogP contribution in [0.25, 0.3) is 0 Å². The van der Waals surface area contributed by atoms with Crippen molar-refractivity contribution in [2.45, 2.75) is 46.0 Å². The number of alkyl carbamates (subject to hydrolysis) is 2. The minimum Gasteiger partial charge on any atom is -0.457 e. The Morgan fingerprint density at radius 3 is 2.11 bits per heavy atom. The van der Waals surface area contributed by atoms with Gasteiger partial charge in [-0.25, -0.2) is 14.6 Å². The molecule has 3 rings (SSSR count). The zero-order valence-electron chi connectivity index (χ0n) is 20.5. The summed E-state index contributed by atoms with van der Waals surface area (Å²) in [5, 5.41) is 7.73. The van der Waals surface area contributed by atoms with Gasteiger partial charge in [-0.2, -0.15) is 0 Å². The summed E-state index contributed by atoms with van der Waals surface area (Å²) in [7, 11) is 0. The Bertz CT molecular complexity index is 1050. The van der Waals surface area contributed by atoms with Crippen molar-refractivity contribution in [3.05, 3.63) is 48.5 Å². The highest BCUT2D eigenvalue weighted by Crippen LogP contribution is 2.33. The van der Waals surface area contributed by atoms with Crippen LogP contribution in [-0.4, -0.2) is 37.3 Å². The normalized spacial score (nSPS) is 13.2. The number of rotatable bonds is 7. The molecule has 2 aromatic rings. The van der Waals surface area contributed by atoms with E-state index in [0.29, 0.717) is 22.9 Å². The van der Waals surface area contributed by atoms with Gasteiger partial charge in [0.05, 0.1) is 24.6 Å². The number of nitrogens with zero attached hydrogens (tertiary/aromatic N) is 1. The van der Waals surface area contributed by atoms with Gasteiger partial charge < -0.3 is 19.5 Å². The van der Waals surface area contributed by atoms with Crippen LogP contribution in [0.4, 0.5) is 21.0 Å². The SMILES string of the molecule is CCOC(=O)NC(=Nc1ccc(Oc2ccccc2)cc1NC(=O)C1CCCCC1)NC(=O)OCC. The zero-order valence-corrected chi connectivity index (χ0v) is 20.5. The third-order valence-corrected chi connectivity index (χ3v) is 5.40. The summed E-state index contributed by atoms with van der Waals surface area (Å²) in [6.07, 6.45) is 3.20. The molecule has 0 aromatic heterocycles. The van der Waals surface area contributed by atoms with Crippen LogP contribution in [0.3, 0.4) is 0 Å². The van der Waals surface area contributed by atoms with Gasteiger partial charge in [0, 0.05) is 12.0 Å². The number of guanidine groups is 1. The van der Waals surface area contributed by atoms with Gasteiger partial charge in [0.1, 0.15) is 11.5 Å². The van der Waals surface area contributed by atoms with Crippen LogP contribution in [0.1, 0.15) is 46.0 Å². The largest absolute Gasteiger partial charge is 0.457 e. The van der Waals surface area contributed by atoms with Gasteiger partial charge in [-0.05, 0) is 51.0 Å². The fraction of sp³-hybridized carbons (Fsp3) is 0.385. The third-order valence-electron chi connectivity index (χ3n) is 5.40. The average molecular weight is 497 g/mol. The lowest BCUT2D eigenvalue weighted by Crippen LogP contribution is -2.44. The first-order chi connectivity index (χ1) is 17.5. The lowest BCUT2D eigenvalue weighted by molar-refractivity contribution is -0.120. The van der Waals surface area contributed by atoms with E-state index in [4.69, 9.17) is 14.2 Å². The number of aliphatic imine (C=N–C) groups is 1. The smallest absolute Gasteiger partial charge is 0.413 e. The summed E-state index contributed by atoms with van der Waals surface area (Å²) in [5.41, 5.74) is 0.663. The molecule has 0 bridgehead atoms. The number of nitrogens with one attached hydrogen (secondary N) is 3. The first-order valence-electron chi connectivity index (χ1n) is 12.1. The molecule has 0 spiro atoms. The Morgan fingerprint density at radius 1 is 0.861 bits per heavy atom. The van der Waals surface area contributed by atoms with Gasteiger partial charge in [0.25, 0.3) is 0 Å². The molecular formula is C26H32N4O6. The molecule has 192 valence electrons. The standard InChI is InChI=1S/C26H32N4O6/c1-3-34-25(32)29-24(30-26(33)35-4-2)28-21-16-15-20(36-19-13-9-6-10-14-19)17-22(21)27-23(31)18-11-7-5-8-12-18/h6,9-10,13-18H,3-5,7-8,11-12H2,1-2H3,(H,27,31)(H2,28,29,30,32,33). The van der Waals surface area contributed by atoms with Crippen LogP contribution < -0.4 is 20.7 Å². The third kappa shape index (κ3) is 8.30. The van der Waals surface area contributed by atoms with Gasteiger partial charge in [0.15, 0.2) is 0 Å². The molecule has 36 heavy (non-hydrogen) atoms. The van der Waals surface area contributed by atoms with Crippen LogP contribution >= 0.6 is 0 Å². The summed E-state index contributed by atoms with van der Waals surface area (Å²) < 4.78 is 15.7. The quantitative estimate of drug-likeness (QED) is 0.344. The number of amides is 3. The van der Waals surface area contributed by atoms with Gasteiger partial charge >= 0.3 is 12.2 Å². The van der Waals surface area contributed by atoms with E-state index in [0.717, 1.165) is 32.1 Å². The Kier molecular flexibility index (Phi) is 10.1. The molecule has 10 nitrogen and oxygen atoms in total. The van der Waals surface area contributed by atoms with Crippen LogP contribution in [0.15, 0.2) is 53.5 Å². The Hall–Kier alpha value is -4.08. The van der Waals surface area contributed by atoms with E-state index in [1.165, 1.54) is 0 Å². The first kappa shape index (κ1) is 26.5. The monoisotopic (exact) mass is 496 g/mol. The van der Waals surface area contributed by atoms with E-state index in [1.807, 2.05) is 30.3 Å². The Balaban J connectivity index is 1.93. The molecule has 3 amide bonds. The van der Waals surface area contributed by atoms with Crippen molar-refractivity contribution in [1.29, 1.82) is 0 Å². The second kappa shape index (κ2) is 13.7. The van der Waals surface area contributed by atoms with E-state index in [-0.39, 0.29) is 31.0 Å². The van der Waals surface area contributed by atoms with Crippen molar-refractivity contribution in [2.24, 2.45) is 10.9 Å². The van der Waals surface area contributed by atoms with Crippen molar-refractivity contribution in [3.8, 4) is 11.5 Å². The van der Waals surface area contributed by atoms with E-state index in [9.17, 15) is 14.4 Å². The molecule has 10 heteroatoms.